The monoisotopic (exact) mass is 736 g/mol. The summed E-state index contributed by atoms with van der Waals surface area (Å²) < 4.78 is 0.219. The number of nitrogens with one attached hydrogen (secondary N) is 1. The molecule has 14 heteroatoms. The number of fused-ring (bicyclic) bond motifs is 1. The van der Waals surface area contributed by atoms with Gasteiger partial charge < -0.3 is 15.3 Å². The van der Waals surface area contributed by atoms with Crippen molar-refractivity contribution in [2.75, 3.05) is 0 Å². The van der Waals surface area contributed by atoms with Crippen molar-refractivity contribution in [1.29, 1.82) is 0 Å². The minimum Gasteiger partial charge on any atom is -0.477 e. The lowest BCUT2D eigenvalue weighted by Crippen LogP contribution is -2.72. The molecular weight excluding hydrogens is 708 g/mol. The molecular formula is C37H29ClN6O5S2. The highest BCUT2D eigenvalue weighted by molar-refractivity contribution is 7.16. The van der Waals surface area contributed by atoms with Crippen LogP contribution in [0.5, 0.6) is 0 Å². The number of nitrogens with zero attached hydrogens (tertiary/aromatic N) is 5. The maximum Gasteiger partial charge on any atom is 0.352 e. The Balaban J connectivity index is 1.25. The first-order valence-corrected chi connectivity index (χ1v) is 18.0. The maximum absolute atomic E-state index is 14.2. The molecule has 2 aliphatic heterocycles. The Kier molecular flexibility index (Phi) is 9.58. The van der Waals surface area contributed by atoms with Crippen molar-refractivity contribution in [3.8, 4) is 0 Å². The summed E-state index contributed by atoms with van der Waals surface area (Å²) in [6, 6.07) is 27.0. The summed E-state index contributed by atoms with van der Waals surface area (Å²) in [6.45, 7) is 1.75. The summed E-state index contributed by atoms with van der Waals surface area (Å²) in [6.07, 6.45) is 4.10. The van der Waals surface area contributed by atoms with Crippen molar-refractivity contribution >= 4 is 63.8 Å². The molecule has 2 N–H and O–H groups in total. The van der Waals surface area contributed by atoms with E-state index in [1.54, 1.807) is 24.6 Å². The lowest BCUT2D eigenvalue weighted by Gasteiger charge is -2.50. The van der Waals surface area contributed by atoms with E-state index in [1.165, 1.54) is 27.6 Å². The third-order valence-corrected chi connectivity index (χ3v) is 10.5. The number of carbonyl (C=O) groups is 3. The van der Waals surface area contributed by atoms with Crippen LogP contribution in [0.1, 0.15) is 45.2 Å². The number of aryl methyl sites for hydroxylation is 1. The summed E-state index contributed by atoms with van der Waals surface area (Å²) in [7, 11) is 0. The molecule has 3 aromatic carbocycles. The molecule has 2 atom stereocenters. The number of thiazole rings is 1. The fourth-order valence-electron chi connectivity index (χ4n) is 6.42. The van der Waals surface area contributed by atoms with E-state index in [0.717, 1.165) is 16.7 Å². The van der Waals surface area contributed by atoms with Crippen LogP contribution in [-0.2, 0) is 24.8 Å². The quantitative estimate of drug-likeness (QED) is 0.0705. The maximum atomic E-state index is 14.2. The number of allylic oxidation sites excluding steroid dienone is 2. The Morgan fingerprint density at radius 3 is 2.12 bits per heavy atom. The fourth-order valence-corrected chi connectivity index (χ4v) is 7.97. The Labute approximate surface area is 305 Å². The van der Waals surface area contributed by atoms with E-state index in [2.05, 4.69) is 25.7 Å². The average Bonchev–Trinajstić information content (AvgIpc) is 3.80. The van der Waals surface area contributed by atoms with Gasteiger partial charge in [0.2, 0.25) is 5.60 Å². The lowest BCUT2D eigenvalue weighted by molar-refractivity contribution is -0.155. The second-order valence-electron chi connectivity index (χ2n) is 11.7. The van der Waals surface area contributed by atoms with E-state index < -0.39 is 35.5 Å². The van der Waals surface area contributed by atoms with Gasteiger partial charge in [-0.15, -0.1) is 32.9 Å². The molecule has 51 heavy (non-hydrogen) atoms. The van der Waals surface area contributed by atoms with Crippen molar-refractivity contribution in [3.63, 3.8) is 0 Å². The largest absolute Gasteiger partial charge is 0.477 e. The van der Waals surface area contributed by atoms with E-state index >= 15 is 0 Å². The SMILES string of the molecule is Cc1nc(/C(=N\OC(c2ccccc2)(c2ccccc2)c2ccccc2)C(=O)N[C@@H]2C(=O)N3C(C(=O)O)=C(/C=C\c4nncs4)CC[C@H]23)c(Cl)s1. The summed E-state index contributed by atoms with van der Waals surface area (Å²) in [5.74, 6) is -2.54. The number of carboxylic acid groups (broad SMARTS) is 1. The first-order chi connectivity index (χ1) is 24.8. The van der Waals surface area contributed by atoms with E-state index in [-0.39, 0.29) is 21.4 Å². The highest BCUT2D eigenvalue weighted by Crippen LogP contribution is 2.41. The molecule has 0 bridgehead atoms. The van der Waals surface area contributed by atoms with Crippen molar-refractivity contribution in [1.82, 2.24) is 25.4 Å². The third kappa shape index (κ3) is 6.47. The van der Waals surface area contributed by atoms with Crippen LogP contribution in [-0.4, -0.2) is 60.8 Å². The van der Waals surface area contributed by atoms with Crippen LogP contribution in [0.2, 0.25) is 4.34 Å². The second-order valence-corrected chi connectivity index (χ2v) is 14.4. The number of aromatic nitrogens is 3. The Morgan fingerprint density at radius 2 is 1.61 bits per heavy atom. The Morgan fingerprint density at radius 1 is 1.00 bits per heavy atom. The zero-order valence-corrected chi connectivity index (χ0v) is 29.4. The van der Waals surface area contributed by atoms with Crippen molar-refractivity contribution in [2.24, 2.45) is 5.16 Å². The molecule has 0 aliphatic carbocycles. The predicted molar refractivity (Wildman–Crippen MR) is 194 cm³/mol. The van der Waals surface area contributed by atoms with Crippen LogP contribution in [0.15, 0.2) is 119 Å². The fraction of sp³-hybridized carbons (Fsp3) is 0.162. The number of carboxylic acids is 1. The van der Waals surface area contributed by atoms with E-state index in [9.17, 15) is 19.5 Å². The highest BCUT2D eigenvalue weighted by Gasteiger charge is 2.53. The van der Waals surface area contributed by atoms with Gasteiger partial charge in [0.15, 0.2) is 5.71 Å². The minimum atomic E-state index is -1.31. The van der Waals surface area contributed by atoms with Gasteiger partial charge in [0.25, 0.3) is 11.8 Å². The molecule has 0 radical (unpaired) electrons. The molecule has 11 nitrogen and oxygen atoms in total. The Bertz CT molecular complexity index is 2080. The number of amides is 2. The van der Waals surface area contributed by atoms with Crippen molar-refractivity contribution in [2.45, 2.75) is 37.5 Å². The predicted octanol–water partition coefficient (Wildman–Crippen LogP) is 6.21. The molecule has 0 saturated carbocycles. The molecule has 256 valence electrons. The van der Waals surface area contributed by atoms with E-state index in [4.69, 9.17) is 16.4 Å². The summed E-state index contributed by atoms with van der Waals surface area (Å²) in [5.41, 5.74) is 2.74. The van der Waals surface area contributed by atoms with Gasteiger partial charge >= 0.3 is 5.97 Å². The second kappa shape index (κ2) is 14.4. The van der Waals surface area contributed by atoms with Gasteiger partial charge in [-0.25, -0.2) is 9.78 Å². The number of rotatable bonds is 11. The van der Waals surface area contributed by atoms with Gasteiger partial charge in [-0.2, -0.15) is 0 Å². The topological polar surface area (TPSA) is 147 Å². The Hall–Kier alpha value is -5.50. The van der Waals surface area contributed by atoms with Gasteiger partial charge in [-0.1, -0.05) is 114 Å². The number of aliphatic carboxylic acids is 1. The van der Waals surface area contributed by atoms with Crippen LogP contribution < -0.4 is 5.32 Å². The minimum absolute atomic E-state index is 0.0993. The first-order valence-electron chi connectivity index (χ1n) is 15.9. The number of hydrogen-bond acceptors (Lipinski definition) is 10. The van der Waals surface area contributed by atoms with Gasteiger partial charge in [0.05, 0.1) is 11.0 Å². The van der Waals surface area contributed by atoms with Crippen LogP contribution in [0, 0.1) is 6.92 Å². The molecule has 1 saturated heterocycles. The molecule has 4 heterocycles. The van der Waals surface area contributed by atoms with Crippen LogP contribution in [0.3, 0.4) is 0 Å². The van der Waals surface area contributed by atoms with Crippen LogP contribution in [0.25, 0.3) is 6.08 Å². The summed E-state index contributed by atoms with van der Waals surface area (Å²) >= 11 is 9.11. The van der Waals surface area contributed by atoms with Crippen LogP contribution in [0.4, 0.5) is 0 Å². The molecule has 0 spiro atoms. The number of benzene rings is 3. The van der Waals surface area contributed by atoms with E-state index in [0.29, 0.717) is 28.4 Å². The van der Waals surface area contributed by atoms with Gasteiger partial charge in [-0.05, 0) is 31.4 Å². The van der Waals surface area contributed by atoms with Crippen molar-refractivity contribution in [3.05, 3.63) is 151 Å². The third-order valence-electron chi connectivity index (χ3n) is 8.71. The lowest BCUT2D eigenvalue weighted by atomic mass is 9.80. The zero-order chi connectivity index (χ0) is 35.5. The molecule has 5 aromatic rings. The summed E-state index contributed by atoms with van der Waals surface area (Å²) in [4.78, 5) is 52.6. The summed E-state index contributed by atoms with van der Waals surface area (Å²) in [5, 5.41) is 26.4. The average molecular weight is 737 g/mol. The van der Waals surface area contributed by atoms with Gasteiger partial charge in [0, 0.05) is 16.7 Å². The highest BCUT2D eigenvalue weighted by atomic mass is 35.5. The molecule has 0 unspecified atom stereocenters. The number of carbonyl (C=O) groups excluding carboxylic acids is 2. The zero-order valence-electron chi connectivity index (χ0n) is 27.0. The molecule has 7 rings (SSSR count). The van der Waals surface area contributed by atoms with Crippen LogP contribution >= 0.6 is 34.3 Å². The normalized spacial score (nSPS) is 17.6. The standard InChI is InChI=1S/C37H29ClN6O5S2/c1-22-40-30(33(38)51-22)31(43-49-37(24-11-5-2-6-12-24,25-13-7-3-8-14-25)26-15-9-4-10-16-26)34(45)41-29-27-19-17-23(18-20-28-42-39-21-50-28)32(36(47)48)44(27)35(29)46/h2-16,18,20-21,27,29H,17,19H2,1H3,(H,41,45)(H,47,48)/b20-18-,43-31+/t27-,29+/m1/s1. The number of halogens is 1. The van der Waals surface area contributed by atoms with E-state index in [1.807, 2.05) is 91.0 Å². The van der Waals surface area contributed by atoms with Crippen molar-refractivity contribution < 1.29 is 24.3 Å². The van der Waals surface area contributed by atoms with Gasteiger partial charge in [-0.3, -0.25) is 14.5 Å². The molecule has 2 aromatic heterocycles. The molecule has 2 amide bonds. The molecule has 2 aliphatic rings. The molecule has 1 fully saturated rings. The number of hydrogen-bond donors (Lipinski definition) is 2. The van der Waals surface area contributed by atoms with Gasteiger partial charge in [0.1, 0.15) is 32.3 Å². The smallest absolute Gasteiger partial charge is 0.352 e. The number of β-lactam (4-membered cyclic amide) rings is 1. The number of oxime groups is 1. The first kappa shape index (κ1) is 34.0.